The molecule has 15 atom stereocenters. The van der Waals surface area contributed by atoms with Crippen LogP contribution in [-0.4, -0.2) is 180 Å². The Labute approximate surface area is 465 Å². The standard InChI is InChI=1S/C59H95NO17S/c1-38-18-13-12-14-19-39(2)50(75-30-29-73-28-27-70-8)36-46-23-21-44(7)59(67,77-46)56(64)57(65)60-25-16-15-20-47(60)58(66)76-51(37-48(61)40(3)33-43(6)54(63)55(72-10)53(62)42(5)32-38)41(4)34-45-22-24-49(52(35-45)71-9)74-26-17-31-78(11,68)69/h12-14,18-19,33,38,40-42,44-47,49-52,54-55,63,67H,15-17,20-32,34-37H2,1-11H3/b14-12+,18-13+,39-19+,43-33+/t38-,40-,41-,42-,44-,45+,46+,47+,49-,50?,51+,52-,54-,55+,59-/m1/s1. The number of esters is 1. The number of piperidine rings is 1. The summed E-state index contributed by atoms with van der Waals surface area (Å²) >= 11 is 0. The first-order chi connectivity index (χ1) is 36.9. The lowest BCUT2D eigenvalue weighted by molar-refractivity contribution is -0.266. The van der Waals surface area contributed by atoms with Crippen LogP contribution in [0, 0.1) is 35.5 Å². The van der Waals surface area contributed by atoms with Gasteiger partial charge in [0.15, 0.2) is 5.78 Å². The van der Waals surface area contributed by atoms with E-state index < -0.39 is 87.6 Å². The number of carbonyl (C=O) groups excluding carboxylic acids is 5. The average molecular weight is 1120 g/mol. The van der Waals surface area contributed by atoms with Gasteiger partial charge < -0.3 is 53.0 Å². The van der Waals surface area contributed by atoms with Gasteiger partial charge in [0.1, 0.15) is 40.0 Å². The van der Waals surface area contributed by atoms with Crippen molar-refractivity contribution in [2.45, 2.75) is 186 Å². The smallest absolute Gasteiger partial charge is 0.329 e. The highest BCUT2D eigenvalue weighted by Crippen LogP contribution is 2.38. The van der Waals surface area contributed by atoms with E-state index in [1.807, 2.05) is 51.2 Å². The molecule has 2 saturated heterocycles. The third-order valence-electron chi connectivity index (χ3n) is 16.1. The van der Waals surface area contributed by atoms with Crippen LogP contribution in [-0.2, 0) is 71.7 Å². The molecule has 3 heterocycles. The fourth-order valence-corrected chi connectivity index (χ4v) is 11.9. The molecule has 1 saturated carbocycles. The van der Waals surface area contributed by atoms with E-state index in [4.69, 9.17) is 37.9 Å². The Kier molecular flexibility index (Phi) is 28.2. The second kappa shape index (κ2) is 32.8. The van der Waals surface area contributed by atoms with Gasteiger partial charge in [-0.3, -0.25) is 19.2 Å². The Morgan fingerprint density at radius 3 is 2.24 bits per heavy atom. The molecule has 0 spiro atoms. The molecule has 78 heavy (non-hydrogen) atoms. The maximum Gasteiger partial charge on any atom is 0.329 e. The van der Waals surface area contributed by atoms with E-state index in [0.29, 0.717) is 83.2 Å². The van der Waals surface area contributed by atoms with E-state index in [2.05, 4.69) is 0 Å². The molecule has 1 unspecified atom stereocenters. The Morgan fingerprint density at radius 2 is 1.55 bits per heavy atom. The molecule has 4 aliphatic rings. The number of rotatable bonds is 17. The number of amides is 1. The van der Waals surface area contributed by atoms with E-state index in [1.165, 1.54) is 18.3 Å². The van der Waals surface area contributed by atoms with Crippen molar-refractivity contribution in [3.05, 3.63) is 47.6 Å². The van der Waals surface area contributed by atoms with Crippen LogP contribution in [0.2, 0.25) is 0 Å². The van der Waals surface area contributed by atoms with Crippen LogP contribution >= 0.6 is 0 Å². The Morgan fingerprint density at radius 1 is 0.821 bits per heavy atom. The lowest BCUT2D eigenvalue weighted by Gasteiger charge is -2.43. The van der Waals surface area contributed by atoms with Gasteiger partial charge in [0.2, 0.25) is 5.79 Å². The fraction of sp³-hybridized carbons (Fsp3) is 0.780. The van der Waals surface area contributed by atoms with E-state index >= 15 is 0 Å². The van der Waals surface area contributed by atoms with Gasteiger partial charge in [-0.15, -0.1) is 0 Å². The topological polar surface area (TPSA) is 237 Å². The second-order valence-corrected chi connectivity index (χ2v) is 24.9. The minimum atomic E-state index is -3.13. The molecule has 0 aromatic rings. The van der Waals surface area contributed by atoms with E-state index in [0.717, 1.165) is 12.0 Å². The van der Waals surface area contributed by atoms with Crippen LogP contribution in [0.4, 0.5) is 0 Å². The SMILES string of the molecule is COCCOCCOC1C[C@@H]2CC[C@@H](C)[C@@](O)(O2)C(=O)C(=O)N2CCCC[C@H]2C(=O)O[C@H]([C@H](C)C[C@@H]2CC[C@@H](OCCCS(C)(=O)=O)[C@H](OC)C2)CC(=O)[C@H](C)/C=C(\C)[C@@H](O)[C@@H](OC)C(=O)[C@H](C)C[C@H](C)/C=C/C=C/C=C/1C. The predicted molar refractivity (Wildman–Crippen MR) is 295 cm³/mol. The molecule has 444 valence electrons. The van der Waals surface area contributed by atoms with Crippen molar-refractivity contribution in [2.75, 3.05) is 72.9 Å². The summed E-state index contributed by atoms with van der Waals surface area (Å²) in [5, 5.41) is 23.8. The van der Waals surface area contributed by atoms with Crippen molar-refractivity contribution < 1.29 is 80.5 Å². The number of hydrogen-bond acceptors (Lipinski definition) is 17. The van der Waals surface area contributed by atoms with Gasteiger partial charge in [-0.05, 0) is 113 Å². The molecule has 1 amide bonds. The monoisotopic (exact) mass is 1120 g/mol. The van der Waals surface area contributed by atoms with E-state index in [9.17, 15) is 42.6 Å². The van der Waals surface area contributed by atoms with Gasteiger partial charge in [0.25, 0.3) is 11.7 Å². The molecule has 4 rings (SSSR count). The molecule has 1 aliphatic carbocycles. The third kappa shape index (κ3) is 20.5. The molecule has 0 aromatic heterocycles. The van der Waals surface area contributed by atoms with E-state index in [-0.39, 0.29) is 86.3 Å². The molecular formula is C59H95NO17S. The zero-order chi connectivity index (χ0) is 57.7. The number of Topliss-reactive ketones (excluding diaryl/α,β-unsaturated/α-hetero) is 3. The first-order valence-electron chi connectivity index (χ1n) is 28.4. The first-order valence-corrected chi connectivity index (χ1v) is 30.4. The minimum absolute atomic E-state index is 0.0204. The number of carbonyl (C=O) groups is 5. The van der Waals surface area contributed by atoms with E-state index in [1.54, 1.807) is 48.0 Å². The molecule has 18 nitrogen and oxygen atoms in total. The second-order valence-electron chi connectivity index (χ2n) is 22.7. The highest BCUT2D eigenvalue weighted by atomic mass is 32.2. The summed E-state index contributed by atoms with van der Waals surface area (Å²) < 4.78 is 70.7. The molecule has 2 bridgehead atoms. The molecule has 3 fully saturated rings. The number of ketones is 3. The van der Waals surface area contributed by atoms with Crippen LogP contribution < -0.4 is 0 Å². The van der Waals surface area contributed by atoms with Gasteiger partial charge in [0, 0.05) is 71.3 Å². The molecule has 3 aliphatic heterocycles. The average Bonchev–Trinajstić information content (AvgIpc) is 3.44. The number of aliphatic hydroxyl groups excluding tert-OH is 1. The maximum atomic E-state index is 14.6. The minimum Gasteiger partial charge on any atom is -0.460 e. The van der Waals surface area contributed by atoms with Gasteiger partial charge in [-0.2, -0.15) is 0 Å². The summed E-state index contributed by atoms with van der Waals surface area (Å²) in [6.07, 6.45) is 12.6. The van der Waals surface area contributed by atoms with Crippen molar-refractivity contribution >= 4 is 39.1 Å². The van der Waals surface area contributed by atoms with Crippen molar-refractivity contribution in [1.29, 1.82) is 0 Å². The number of aliphatic hydroxyl groups is 2. The maximum absolute atomic E-state index is 14.6. The zero-order valence-electron chi connectivity index (χ0n) is 48.6. The predicted octanol–water partition coefficient (Wildman–Crippen LogP) is 6.67. The Hall–Kier alpha value is -3.50. The molecule has 19 heteroatoms. The molecule has 2 N–H and O–H groups in total. The van der Waals surface area contributed by atoms with Gasteiger partial charge in [-0.25, -0.2) is 13.2 Å². The van der Waals surface area contributed by atoms with Gasteiger partial charge >= 0.3 is 5.97 Å². The van der Waals surface area contributed by atoms with Crippen LogP contribution in [0.15, 0.2) is 47.6 Å². The quantitative estimate of drug-likeness (QED) is 0.0669. The normalized spacial score (nSPS) is 35.9. The summed E-state index contributed by atoms with van der Waals surface area (Å²) in [4.78, 5) is 73.0. The molecular weight excluding hydrogens is 1030 g/mol. The first kappa shape index (κ1) is 67.0. The Balaban J connectivity index is 1.69. The highest BCUT2D eigenvalue weighted by molar-refractivity contribution is 7.90. The van der Waals surface area contributed by atoms with Crippen molar-refractivity contribution in [1.82, 2.24) is 4.90 Å². The number of nitrogens with zero attached hydrogens (tertiary/aromatic N) is 1. The summed E-state index contributed by atoms with van der Waals surface area (Å²) in [7, 11) is 1.44. The van der Waals surface area contributed by atoms with Crippen molar-refractivity contribution in [3.8, 4) is 0 Å². The fourth-order valence-electron chi connectivity index (χ4n) is 11.3. The van der Waals surface area contributed by atoms with Crippen LogP contribution in [0.25, 0.3) is 0 Å². The number of hydrogen-bond donors (Lipinski definition) is 2. The van der Waals surface area contributed by atoms with Crippen molar-refractivity contribution in [2.24, 2.45) is 35.5 Å². The van der Waals surface area contributed by atoms with Crippen LogP contribution in [0.3, 0.4) is 0 Å². The summed E-state index contributed by atoms with van der Waals surface area (Å²) in [5.41, 5.74) is 1.20. The lowest BCUT2D eigenvalue weighted by Crippen LogP contribution is -2.61. The third-order valence-corrected chi connectivity index (χ3v) is 17.2. The molecule has 0 radical (unpaired) electrons. The van der Waals surface area contributed by atoms with Gasteiger partial charge in [0.05, 0.1) is 56.6 Å². The summed E-state index contributed by atoms with van der Waals surface area (Å²) in [6, 6.07) is -1.19. The largest absolute Gasteiger partial charge is 0.460 e. The number of ether oxygens (including phenoxy) is 8. The van der Waals surface area contributed by atoms with Gasteiger partial charge in [-0.1, -0.05) is 71.1 Å². The number of cyclic esters (lactones) is 1. The number of allylic oxidation sites excluding steroid dienone is 6. The zero-order valence-corrected chi connectivity index (χ0v) is 49.4. The van der Waals surface area contributed by atoms with Crippen LogP contribution in [0.1, 0.15) is 132 Å². The lowest BCUT2D eigenvalue weighted by atomic mass is 9.78. The Bertz CT molecular complexity index is 2180. The summed E-state index contributed by atoms with van der Waals surface area (Å²) in [5.74, 6) is -8.39. The molecule has 0 aromatic carbocycles. The number of fused-ring (bicyclic) bond motifs is 3. The van der Waals surface area contributed by atoms with Crippen LogP contribution in [0.5, 0.6) is 0 Å². The highest BCUT2D eigenvalue weighted by Gasteiger charge is 2.53. The number of methoxy groups -OCH3 is 3. The number of sulfone groups is 1. The summed E-state index contributed by atoms with van der Waals surface area (Å²) in [6.45, 7) is 14.3. The van der Waals surface area contributed by atoms with Crippen molar-refractivity contribution in [3.63, 3.8) is 0 Å².